The van der Waals surface area contributed by atoms with Gasteiger partial charge in [0.1, 0.15) is 5.82 Å². The Morgan fingerprint density at radius 2 is 2.04 bits per heavy atom. The number of carbonyl (C=O) groups excluding carboxylic acids is 1. The molecule has 1 aromatic carbocycles. The van der Waals surface area contributed by atoms with Crippen molar-refractivity contribution in [3.8, 4) is 22.6 Å². The number of anilines is 1. The van der Waals surface area contributed by atoms with Gasteiger partial charge in [0.25, 0.3) is 5.91 Å². The second-order valence-corrected chi connectivity index (χ2v) is 5.10. The SMILES string of the molecule is Cc1ccc(F)cc1-c1[nH]c(-c2ccnc(N)n2)cc1C(N)=O. The molecule has 3 rings (SSSR count). The Kier molecular flexibility index (Phi) is 3.53. The van der Waals surface area contributed by atoms with Crippen LogP contribution >= 0.6 is 0 Å². The van der Waals surface area contributed by atoms with Crippen LogP contribution in [0, 0.1) is 12.7 Å². The quantitative estimate of drug-likeness (QED) is 0.689. The van der Waals surface area contributed by atoms with Crippen molar-refractivity contribution in [1.29, 1.82) is 0 Å². The predicted octanol–water partition coefficient (Wildman–Crippen LogP) is 2.27. The van der Waals surface area contributed by atoms with E-state index in [2.05, 4.69) is 15.0 Å². The number of nitrogens with two attached hydrogens (primary N) is 2. The maximum Gasteiger partial charge on any atom is 0.250 e. The molecule has 0 spiro atoms. The summed E-state index contributed by atoms with van der Waals surface area (Å²) in [7, 11) is 0. The molecule has 2 aromatic heterocycles. The van der Waals surface area contributed by atoms with Gasteiger partial charge in [-0.25, -0.2) is 14.4 Å². The Labute approximate surface area is 131 Å². The molecule has 0 bridgehead atoms. The van der Waals surface area contributed by atoms with Crippen LogP contribution in [-0.4, -0.2) is 20.9 Å². The fourth-order valence-electron chi connectivity index (χ4n) is 2.39. The number of rotatable bonds is 3. The van der Waals surface area contributed by atoms with E-state index >= 15 is 0 Å². The molecule has 0 unspecified atom stereocenters. The lowest BCUT2D eigenvalue weighted by Crippen LogP contribution is -2.11. The Balaban J connectivity index is 2.21. The number of hydrogen-bond donors (Lipinski definition) is 3. The fraction of sp³-hybridized carbons (Fsp3) is 0.0625. The predicted molar refractivity (Wildman–Crippen MR) is 84.9 cm³/mol. The highest BCUT2D eigenvalue weighted by Gasteiger charge is 2.18. The third-order valence-corrected chi connectivity index (χ3v) is 3.50. The number of nitrogens with zero attached hydrogens (tertiary/aromatic N) is 2. The van der Waals surface area contributed by atoms with Gasteiger partial charge in [-0.3, -0.25) is 4.79 Å². The second-order valence-electron chi connectivity index (χ2n) is 5.10. The van der Waals surface area contributed by atoms with Crippen LogP contribution < -0.4 is 11.5 Å². The van der Waals surface area contributed by atoms with Crippen molar-refractivity contribution in [2.75, 3.05) is 5.73 Å². The molecule has 6 nitrogen and oxygen atoms in total. The first-order valence-electron chi connectivity index (χ1n) is 6.84. The van der Waals surface area contributed by atoms with Gasteiger partial charge >= 0.3 is 0 Å². The molecule has 0 aliphatic heterocycles. The van der Waals surface area contributed by atoms with Gasteiger partial charge in [-0.1, -0.05) is 6.07 Å². The number of hydrogen-bond acceptors (Lipinski definition) is 4. The first kappa shape index (κ1) is 14.7. The minimum Gasteiger partial charge on any atom is -0.368 e. The van der Waals surface area contributed by atoms with E-state index in [1.165, 1.54) is 18.3 Å². The highest BCUT2D eigenvalue weighted by molar-refractivity contribution is 6.01. The number of aryl methyl sites for hydroxylation is 1. The minimum atomic E-state index is -0.617. The average molecular weight is 311 g/mol. The summed E-state index contributed by atoms with van der Waals surface area (Å²) in [4.78, 5) is 22.8. The normalized spacial score (nSPS) is 10.7. The lowest BCUT2D eigenvalue weighted by atomic mass is 10.0. The summed E-state index contributed by atoms with van der Waals surface area (Å²) in [6.07, 6.45) is 1.51. The summed E-state index contributed by atoms with van der Waals surface area (Å²) in [5, 5.41) is 0. The smallest absolute Gasteiger partial charge is 0.250 e. The maximum atomic E-state index is 13.6. The summed E-state index contributed by atoms with van der Waals surface area (Å²) in [5.41, 5.74) is 14.2. The van der Waals surface area contributed by atoms with E-state index in [9.17, 15) is 9.18 Å². The average Bonchev–Trinajstić information content (AvgIpc) is 2.95. The third-order valence-electron chi connectivity index (χ3n) is 3.50. The van der Waals surface area contributed by atoms with Crippen LogP contribution in [0.25, 0.3) is 22.6 Å². The molecule has 5 N–H and O–H groups in total. The van der Waals surface area contributed by atoms with Crippen molar-refractivity contribution >= 4 is 11.9 Å². The fourth-order valence-corrected chi connectivity index (χ4v) is 2.39. The number of aromatic nitrogens is 3. The Morgan fingerprint density at radius 3 is 2.74 bits per heavy atom. The zero-order valence-electron chi connectivity index (χ0n) is 12.3. The molecule has 116 valence electrons. The van der Waals surface area contributed by atoms with E-state index in [0.29, 0.717) is 22.6 Å². The summed E-state index contributed by atoms with van der Waals surface area (Å²) in [6, 6.07) is 7.57. The molecule has 23 heavy (non-hydrogen) atoms. The van der Waals surface area contributed by atoms with Crippen LogP contribution in [0.3, 0.4) is 0 Å². The highest BCUT2D eigenvalue weighted by atomic mass is 19.1. The molecule has 2 heterocycles. The number of halogens is 1. The molecule has 0 saturated heterocycles. The van der Waals surface area contributed by atoms with E-state index in [0.717, 1.165) is 5.56 Å². The molecule has 0 aliphatic carbocycles. The maximum absolute atomic E-state index is 13.6. The van der Waals surface area contributed by atoms with Gasteiger partial charge in [-0.2, -0.15) is 0 Å². The Morgan fingerprint density at radius 1 is 1.26 bits per heavy atom. The topological polar surface area (TPSA) is 111 Å². The van der Waals surface area contributed by atoms with E-state index in [1.54, 1.807) is 18.2 Å². The van der Waals surface area contributed by atoms with Gasteiger partial charge in [0.05, 0.1) is 22.6 Å². The summed E-state index contributed by atoms with van der Waals surface area (Å²) in [6.45, 7) is 1.82. The van der Waals surface area contributed by atoms with Gasteiger partial charge in [-0.15, -0.1) is 0 Å². The molecule has 3 aromatic rings. The highest BCUT2D eigenvalue weighted by Crippen LogP contribution is 2.30. The first-order chi connectivity index (χ1) is 11.0. The first-order valence-corrected chi connectivity index (χ1v) is 6.84. The Hall–Kier alpha value is -3.22. The van der Waals surface area contributed by atoms with E-state index in [4.69, 9.17) is 11.5 Å². The van der Waals surface area contributed by atoms with Gasteiger partial charge in [0.2, 0.25) is 5.95 Å². The lowest BCUT2D eigenvalue weighted by molar-refractivity contribution is 0.100. The molecular weight excluding hydrogens is 297 g/mol. The number of aromatic amines is 1. The molecule has 1 amide bonds. The van der Waals surface area contributed by atoms with Gasteiger partial charge < -0.3 is 16.5 Å². The van der Waals surface area contributed by atoms with Crippen molar-refractivity contribution in [2.24, 2.45) is 5.73 Å². The van der Waals surface area contributed by atoms with Gasteiger partial charge in [0, 0.05) is 11.8 Å². The van der Waals surface area contributed by atoms with Crippen LogP contribution in [0.4, 0.5) is 10.3 Å². The zero-order valence-corrected chi connectivity index (χ0v) is 12.3. The third kappa shape index (κ3) is 2.76. The molecule has 0 radical (unpaired) electrons. The lowest BCUT2D eigenvalue weighted by Gasteiger charge is -2.06. The molecular formula is C16H14FN5O. The van der Waals surface area contributed by atoms with Crippen molar-refractivity contribution in [1.82, 2.24) is 15.0 Å². The van der Waals surface area contributed by atoms with Crippen LogP contribution in [0.1, 0.15) is 15.9 Å². The standard InChI is InChI=1S/C16H14FN5O/c1-8-2-3-9(17)6-10(8)14-11(15(18)23)7-13(21-14)12-4-5-20-16(19)22-12/h2-7,21H,1H3,(H2,18,23)(H2,19,20,22). The molecule has 0 atom stereocenters. The van der Waals surface area contributed by atoms with Crippen molar-refractivity contribution < 1.29 is 9.18 Å². The van der Waals surface area contributed by atoms with Crippen LogP contribution in [0.5, 0.6) is 0 Å². The summed E-state index contributed by atoms with van der Waals surface area (Å²) >= 11 is 0. The number of amides is 1. The summed E-state index contributed by atoms with van der Waals surface area (Å²) < 4.78 is 13.6. The van der Waals surface area contributed by atoms with E-state index < -0.39 is 11.7 Å². The van der Waals surface area contributed by atoms with Gasteiger partial charge in [0.15, 0.2) is 0 Å². The number of nitrogen functional groups attached to an aromatic ring is 1. The largest absolute Gasteiger partial charge is 0.368 e. The van der Waals surface area contributed by atoms with E-state index in [1.807, 2.05) is 6.92 Å². The van der Waals surface area contributed by atoms with Crippen LogP contribution in [0.15, 0.2) is 36.5 Å². The number of H-pyrrole nitrogens is 1. The number of primary amides is 1. The van der Waals surface area contributed by atoms with Gasteiger partial charge in [-0.05, 0) is 36.8 Å². The monoisotopic (exact) mass is 311 g/mol. The van der Waals surface area contributed by atoms with Crippen LogP contribution in [0.2, 0.25) is 0 Å². The van der Waals surface area contributed by atoms with Crippen molar-refractivity contribution in [3.05, 3.63) is 53.5 Å². The number of carbonyl (C=O) groups is 1. The number of nitrogens with one attached hydrogen (secondary N) is 1. The van der Waals surface area contributed by atoms with Crippen molar-refractivity contribution in [3.63, 3.8) is 0 Å². The summed E-state index contributed by atoms with van der Waals surface area (Å²) in [5.74, 6) is -0.905. The zero-order chi connectivity index (χ0) is 16.6. The number of benzene rings is 1. The van der Waals surface area contributed by atoms with Crippen molar-refractivity contribution in [2.45, 2.75) is 6.92 Å². The molecule has 7 heteroatoms. The molecule has 0 saturated carbocycles. The Bertz CT molecular complexity index is 903. The second kappa shape index (κ2) is 5.53. The molecule has 0 fully saturated rings. The molecule has 0 aliphatic rings. The van der Waals surface area contributed by atoms with E-state index in [-0.39, 0.29) is 11.5 Å². The minimum absolute atomic E-state index is 0.112. The van der Waals surface area contributed by atoms with Crippen LogP contribution in [-0.2, 0) is 0 Å².